The highest BCUT2D eigenvalue weighted by molar-refractivity contribution is 4.60. The molecule has 2 heteroatoms. The maximum Gasteiger partial charge on any atom is 0.0541 e. The summed E-state index contributed by atoms with van der Waals surface area (Å²) >= 11 is 0. The molecule has 0 rings (SSSR count). The van der Waals surface area contributed by atoms with Crippen molar-refractivity contribution < 1.29 is 10.2 Å². The van der Waals surface area contributed by atoms with Gasteiger partial charge < -0.3 is 10.2 Å². The van der Waals surface area contributed by atoms with Gasteiger partial charge in [-0.05, 0) is 25.7 Å². The first kappa shape index (κ1) is 17.9. The fourth-order valence-corrected chi connectivity index (χ4v) is 2.25. The summed E-state index contributed by atoms with van der Waals surface area (Å²) in [6, 6.07) is 0. The van der Waals surface area contributed by atoms with E-state index in [2.05, 4.69) is 6.92 Å². The molecule has 0 saturated carbocycles. The van der Waals surface area contributed by atoms with Crippen molar-refractivity contribution in [3.63, 3.8) is 0 Å². The van der Waals surface area contributed by atoms with Crippen molar-refractivity contribution in [3.05, 3.63) is 0 Å². The van der Waals surface area contributed by atoms with Crippen LogP contribution in [0.15, 0.2) is 0 Å². The van der Waals surface area contributed by atoms with E-state index in [0.717, 1.165) is 32.1 Å². The monoisotopic (exact) mass is 258 g/mol. The van der Waals surface area contributed by atoms with Crippen LogP contribution in [0.3, 0.4) is 0 Å². The van der Waals surface area contributed by atoms with Gasteiger partial charge in [-0.25, -0.2) is 0 Å². The molecule has 2 atom stereocenters. The third-order valence-electron chi connectivity index (χ3n) is 3.70. The van der Waals surface area contributed by atoms with Crippen LogP contribution < -0.4 is 0 Å². The normalized spacial score (nSPS) is 14.7. The lowest BCUT2D eigenvalue weighted by atomic mass is 10.0. The molecular formula is C16H34O2. The van der Waals surface area contributed by atoms with Gasteiger partial charge in [-0.2, -0.15) is 0 Å². The lowest BCUT2D eigenvalue weighted by Crippen LogP contribution is -2.12. The molecule has 0 bridgehead atoms. The zero-order chi connectivity index (χ0) is 13.6. The quantitative estimate of drug-likeness (QED) is 0.480. The minimum atomic E-state index is -0.224. The van der Waals surface area contributed by atoms with Gasteiger partial charge >= 0.3 is 0 Å². The van der Waals surface area contributed by atoms with Crippen LogP contribution in [0, 0.1) is 0 Å². The Morgan fingerprint density at radius 3 is 1.67 bits per heavy atom. The molecular weight excluding hydrogens is 224 g/mol. The lowest BCUT2D eigenvalue weighted by molar-refractivity contribution is 0.105. The second kappa shape index (κ2) is 13.4. The fraction of sp³-hybridized carbons (Fsp3) is 1.00. The molecule has 2 unspecified atom stereocenters. The molecule has 2 N–H and O–H groups in total. The molecule has 18 heavy (non-hydrogen) atoms. The first-order valence-electron chi connectivity index (χ1n) is 8.06. The van der Waals surface area contributed by atoms with Crippen LogP contribution in [-0.4, -0.2) is 22.4 Å². The molecule has 0 fully saturated rings. The summed E-state index contributed by atoms with van der Waals surface area (Å²) in [7, 11) is 0. The van der Waals surface area contributed by atoms with E-state index in [1.807, 2.05) is 6.92 Å². The highest BCUT2D eigenvalue weighted by Gasteiger charge is 2.07. The minimum Gasteiger partial charge on any atom is -0.393 e. The Kier molecular flexibility index (Phi) is 13.3. The van der Waals surface area contributed by atoms with Gasteiger partial charge in [0.15, 0.2) is 0 Å². The van der Waals surface area contributed by atoms with E-state index in [4.69, 9.17) is 0 Å². The van der Waals surface area contributed by atoms with E-state index in [9.17, 15) is 10.2 Å². The summed E-state index contributed by atoms with van der Waals surface area (Å²) in [5.41, 5.74) is 0. The van der Waals surface area contributed by atoms with E-state index >= 15 is 0 Å². The Hall–Kier alpha value is -0.0800. The van der Waals surface area contributed by atoms with Crippen LogP contribution in [0.4, 0.5) is 0 Å². The van der Waals surface area contributed by atoms with Crippen molar-refractivity contribution in [1.29, 1.82) is 0 Å². The summed E-state index contributed by atoms with van der Waals surface area (Å²) in [6.45, 7) is 4.23. The number of aliphatic hydroxyl groups excluding tert-OH is 2. The largest absolute Gasteiger partial charge is 0.393 e. The summed E-state index contributed by atoms with van der Waals surface area (Å²) < 4.78 is 0. The van der Waals surface area contributed by atoms with E-state index < -0.39 is 0 Å². The minimum absolute atomic E-state index is 0.203. The van der Waals surface area contributed by atoms with Crippen LogP contribution in [0.1, 0.15) is 90.9 Å². The number of unbranched alkanes of at least 4 members (excludes halogenated alkanes) is 7. The van der Waals surface area contributed by atoms with Gasteiger partial charge in [-0.1, -0.05) is 65.2 Å². The van der Waals surface area contributed by atoms with Crippen molar-refractivity contribution in [1.82, 2.24) is 0 Å². The molecule has 0 aromatic heterocycles. The summed E-state index contributed by atoms with van der Waals surface area (Å²) in [4.78, 5) is 0. The molecule has 0 spiro atoms. The maximum absolute atomic E-state index is 9.76. The van der Waals surface area contributed by atoms with Crippen LogP contribution in [-0.2, 0) is 0 Å². The predicted molar refractivity (Wildman–Crippen MR) is 78.8 cm³/mol. The fourth-order valence-electron chi connectivity index (χ4n) is 2.25. The molecule has 0 aliphatic carbocycles. The maximum atomic E-state index is 9.76. The van der Waals surface area contributed by atoms with Gasteiger partial charge in [0.05, 0.1) is 12.2 Å². The molecule has 110 valence electrons. The Labute approximate surface area is 114 Å². The van der Waals surface area contributed by atoms with Crippen molar-refractivity contribution in [2.24, 2.45) is 0 Å². The zero-order valence-electron chi connectivity index (χ0n) is 12.5. The topological polar surface area (TPSA) is 40.5 Å². The van der Waals surface area contributed by atoms with Gasteiger partial charge in [-0.15, -0.1) is 0 Å². The molecule has 0 saturated heterocycles. The van der Waals surface area contributed by atoms with E-state index in [1.54, 1.807) is 0 Å². The lowest BCUT2D eigenvalue weighted by Gasteiger charge is -2.12. The average molecular weight is 258 g/mol. The Bertz CT molecular complexity index is 159. The van der Waals surface area contributed by atoms with Crippen molar-refractivity contribution in [2.75, 3.05) is 0 Å². The molecule has 2 nitrogen and oxygen atoms in total. The summed E-state index contributed by atoms with van der Waals surface area (Å²) in [5.74, 6) is 0. The van der Waals surface area contributed by atoms with Gasteiger partial charge in [0.2, 0.25) is 0 Å². The van der Waals surface area contributed by atoms with E-state index in [-0.39, 0.29) is 12.2 Å². The first-order valence-corrected chi connectivity index (χ1v) is 8.06. The number of rotatable bonds is 13. The molecule has 0 amide bonds. The molecule has 0 aromatic rings. The molecule has 0 aromatic carbocycles. The number of aliphatic hydroxyl groups is 2. The van der Waals surface area contributed by atoms with Gasteiger partial charge in [0.1, 0.15) is 0 Å². The van der Waals surface area contributed by atoms with Crippen LogP contribution in [0.5, 0.6) is 0 Å². The SMILES string of the molecule is CCCCCCCCCCC(O)CCC(O)CC. The number of hydrogen-bond acceptors (Lipinski definition) is 2. The first-order chi connectivity index (χ1) is 8.70. The van der Waals surface area contributed by atoms with Crippen LogP contribution >= 0.6 is 0 Å². The highest BCUT2D eigenvalue weighted by atomic mass is 16.3. The predicted octanol–water partition coefficient (Wildman–Crippen LogP) is 4.43. The number of hydrogen-bond donors (Lipinski definition) is 2. The smallest absolute Gasteiger partial charge is 0.0541 e. The average Bonchev–Trinajstić information content (AvgIpc) is 2.39. The Balaban J connectivity index is 3.17. The second-order valence-electron chi connectivity index (χ2n) is 5.56. The third-order valence-corrected chi connectivity index (χ3v) is 3.70. The molecule has 0 aliphatic rings. The molecule has 0 aliphatic heterocycles. The van der Waals surface area contributed by atoms with Gasteiger partial charge in [0.25, 0.3) is 0 Å². The van der Waals surface area contributed by atoms with Gasteiger partial charge in [0, 0.05) is 0 Å². The molecule has 0 heterocycles. The van der Waals surface area contributed by atoms with Crippen molar-refractivity contribution >= 4 is 0 Å². The second-order valence-corrected chi connectivity index (χ2v) is 5.56. The van der Waals surface area contributed by atoms with Crippen molar-refractivity contribution in [2.45, 2.75) is 103 Å². The van der Waals surface area contributed by atoms with Crippen LogP contribution in [0.25, 0.3) is 0 Å². The van der Waals surface area contributed by atoms with E-state index in [1.165, 1.54) is 44.9 Å². The highest BCUT2D eigenvalue weighted by Crippen LogP contribution is 2.13. The Morgan fingerprint density at radius 1 is 0.611 bits per heavy atom. The molecule has 0 radical (unpaired) electrons. The van der Waals surface area contributed by atoms with E-state index in [0.29, 0.717) is 0 Å². The van der Waals surface area contributed by atoms with Crippen LogP contribution in [0.2, 0.25) is 0 Å². The van der Waals surface area contributed by atoms with Crippen molar-refractivity contribution in [3.8, 4) is 0 Å². The Morgan fingerprint density at radius 2 is 1.11 bits per heavy atom. The third kappa shape index (κ3) is 12.4. The standard InChI is InChI=1S/C16H34O2/c1-3-5-6-7-8-9-10-11-12-16(18)14-13-15(17)4-2/h15-18H,3-14H2,1-2H3. The zero-order valence-corrected chi connectivity index (χ0v) is 12.5. The summed E-state index contributed by atoms with van der Waals surface area (Å²) in [5, 5.41) is 19.2. The van der Waals surface area contributed by atoms with Gasteiger partial charge in [-0.3, -0.25) is 0 Å². The summed E-state index contributed by atoms with van der Waals surface area (Å²) in [6.07, 6.45) is 13.3.